The van der Waals surface area contributed by atoms with Crippen LogP contribution in [0, 0.1) is 0 Å². The highest BCUT2D eigenvalue weighted by atomic mass is 79.9. The highest BCUT2D eigenvalue weighted by Crippen LogP contribution is 2.30. The van der Waals surface area contributed by atoms with E-state index in [9.17, 15) is 4.79 Å². The molecule has 2 rings (SSSR count). The van der Waals surface area contributed by atoms with Crippen LogP contribution in [0.15, 0.2) is 15.2 Å². The van der Waals surface area contributed by atoms with Crippen LogP contribution in [0.3, 0.4) is 0 Å². The van der Waals surface area contributed by atoms with Gasteiger partial charge in [0.05, 0.1) is 3.79 Å². The summed E-state index contributed by atoms with van der Waals surface area (Å²) < 4.78 is 1.06. The number of aromatic carboxylic acids is 1. The second-order valence-electron chi connectivity index (χ2n) is 3.54. The molecular weight excluding hydrogens is 360 g/mol. The molecule has 0 atom stereocenters. The van der Waals surface area contributed by atoms with Gasteiger partial charge in [-0.3, -0.25) is 0 Å². The molecule has 18 heavy (non-hydrogen) atoms. The number of aromatic nitrogens is 1. The molecule has 8 heteroatoms. The maximum absolute atomic E-state index is 10.9. The maximum atomic E-state index is 10.9. The van der Waals surface area contributed by atoms with Gasteiger partial charge in [-0.1, -0.05) is 22.9 Å². The summed E-state index contributed by atoms with van der Waals surface area (Å²) in [5.74, 6) is -1.05. The molecule has 0 aliphatic rings. The molecule has 0 saturated heterocycles. The Balaban J connectivity index is 2.16. The molecule has 0 saturated carbocycles. The molecule has 0 fully saturated rings. The number of halogens is 2. The lowest BCUT2D eigenvalue weighted by atomic mass is 10.3. The van der Waals surface area contributed by atoms with Crippen LogP contribution < -0.4 is 4.90 Å². The highest BCUT2D eigenvalue weighted by molar-refractivity contribution is 9.11. The summed E-state index contributed by atoms with van der Waals surface area (Å²) in [6.07, 6.45) is 0. The zero-order valence-corrected chi connectivity index (χ0v) is 13.2. The number of nitrogens with zero attached hydrogens (tertiary/aromatic N) is 2. The third kappa shape index (κ3) is 3.03. The van der Waals surface area contributed by atoms with E-state index in [1.54, 1.807) is 11.3 Å². The number of hydrogen-bond donors (Lipinski definition) is 1. The van der Waals surface area contributed by atoms with Crippen LogP contribution in [0.4, 0.5) is 5.13 Å². The Morgan fingerprint density at radius 2 is 2.39 bits per heavy atom. The minimum atomic E-state index is -1.05. The molecule has 2 heterocycles. The topological polar surface area (TPSA) is 53.4 Å². The van der Waals surface area contributed by atoms with Crippen LogP contribution in [0.25, 0.3) is 0 Å². The van der Waals surface area contributed by atoms with Crippen molar-refractivity contribution in [2.24, 2.45) is 0 Å². The molecule has 0 aromatic carbocycles. The van der Waals surface area contributed by atoms with E-state index in [-0.39, 0.29) is 10.0 Å². The number of carboxylic acid groups (broad SMARTS) is 1. The normalized spacial score (nSPS) is 10.6. The Morgan fingerprint density at radius 1 is 1.67 bits per heavy atom. The summed E-state index contributed by atoms with van der Waals surface area (Å²) in [5.41, 5.74) is 1.14. The van der Waals surface area contributed by atoms with Gasteiger partial charge in [-0.05, 0) is 32.9 Å². The molecule has 0 unspecified atom stereocenters. The summed E-state index contributed by atoms with van der Waals surface area (Å²) in [7, 11) is 1.85. The van der Waals surface area contributed by atoms with Crippen molar-refractivity contribution in [3.05, 3.63) is 30.8 Å². The molecule has 1 N–H and O–H groups in total. The zero-order chi connectivity index (χ0) is 13.3. The maximum Gasteiger partial charge on any atom is 0.349 e. The van der Waals surface area contributed by atoms with Crippen LogP contribution >= 0.6 is 50.2 Å². The monoisotopic (exact) mass is 366 g/mol. The fourth-order valence-electron chi connectivity index (χ4n) is 1.36. The van der Waals surface area contributed by atoms with Gasteiger partial charge >= 0.3 is 5.97 Å². The lowest BCUT2D eigenvalue weighted by Gasteiger charge is -2.14. The van der Waals surface area contributed by atoms with Crippen molar-refractivity contribution in [2.75, 3.05) is 11.9 Å². The number of anilines is 1. The minimum absolute atomic E-state index is 0.0425. The largest absolute Gasteiger partial charge is 0.477 e. The smallest absolute Gasteiger partial charge is 0.349 e. The van der Waals surface area contributed by atoms with Crippen molar-refractivity contribution < 1.29 is 9.90 Å². The van der Waals surface area contributed by atoms with Gasteiger partial charge in [0.15, 0.2) is 15.2 Å². The summed E-state index contributed by atoms with van der Waals surface area (Å²) in [4.78, 5) is 16.9. The van der Waals surface area contributed by atoms with Gasteiger partial charge in [0.25, 0.3) is 0 Å². The quantitative estimate of drug-likeness (QED) is 0.889. The number of carbonyl (C=O) groups is 1. The van der Waals surface area contributed by atoms with E-state index in [2.05, 4.69) is 20.9 Å². The SMILES string of the molecule is CN(Cc1csc(Br)c1)c1nc(Cl)c(C(=O)O)s1. The van der Waals surface area contributed by atoms with Gasteiger partial charge in [0.1, 0.15) is 0 Å². The summed E-state index contributed by atoms with van der Waals surface area (Å²) in [6.45, 7) is 0.658. The molecule has 0 aliphatic carbocycles. The van der Waals surface area contributed by atoms with E-state index in [0.29, 0.717) is 11.7 Å². The number of rotatable bonds is 4. The Kier molecular flexibility index (Phi) is 4.26. The Labute approximate surface area is 125 Å². The predicted molar refractivity (Wildman–Crippen MR) is 78.2 cm³/mol. The molecule has 0 aliphatic heterocycles. The molecule has 0 amide bonds. The van der Waals surface area contributed by atoms with Crippen LogP contribution in [-0.2, 0) is 6.54 Å². The highest BCUT2D eigenvalue weighted by Gasteiger charge is 2.18. The standard InChI is InChI=1S/C10H8BrClN2O2S2/c1-14(3-5-2-6(11)17-4-5)10-13-8(12)7(18-10)9(15)16/h2,4H,3H2,1H3,(H,15,16). The van der Waals surface area contributed by atoms with Crippen molar-refractivity contribution >= 4 is 61.3 Å². The van der Waals surface area contributed by atoms with Crippen LogP contribution in [0.5, 0.6) is 0 Å². The molecule has 0 spiro atoms. The van der Waals surface area contributed by atoms with E-state index < -0.39 is 5.97 Å². The lowest BCUT2D eigenvalue weighted by Crippen LogP contribution is -2.15. The average Bonchev–Trinajstić information content (AvgIpc) is 2.85. The predicted octanol–water partition coefficient (Wildman–Crippen LogP) is 3.96. The average molecular weight is 368 g/mol. The van der Waals surface area contributed by atoms with E-state index in [4.69, 9.17) is 16.7 Å². The summed E-state index contributed by atoms with van der Waals surface area (Å²) in [6, 6.07) is 2.02. The van der Waals surface area contributed by atoms with Crippen LogP contribution in [-0.4, -0.2) is 23.1 Å². The molecule has 0 bridgehead atoms. The number of thiophene rings is 1. The third-order valence-corrected chi connectivity index (χ3v) is 5.23. The van der Waals surface area contributed by atoms with Gasteiger partial charge < -0.3 is 10.0 Å². The first-order valence-corrected chi connectivity index (χ1v) is 7.67. The van der Waals surface area contributed by atoms with E-state index in [1.807, 2.05) is 23.4 Å². The van der Waals surface area contributed by atoms with Crippen molar-refractivity contribution in [1.29, 1.82) is 0 Å². The number of hydrogen-bond acceptors (Lipinski definition) is 5. The number of thiazole rings is 1. The van der Waals surface area contributed by atoms with Gasteiger partial charge in [-0.2, -0.15) is 0 Å². The van der Waals surface area contributed by atoms with E-state index in [0.717, 1.165) is 20.7 Å². The van der Waals surface area contributed by atoms with Crippen molar-refractivity contribution in [2.45, 2.75) is 6.54 Å². The molecular formula is C10H8BrClN2O2S2. The van der Waals surface area contributed by atoms with Gasteiger partial charge in [0, 0.05) is 13.6 Å². The van der Waals surface area contributed by atoms with Crippen molar-refractivity contribution in [3.63, 3.8) is 0 Å². The first-order valence-electron chi connectivity index (χ1n) is 4.81. The Hall–Kier alpha value is -0.630. The lowest BCUT2D eigenvalue weighted by molar-refractivity contribution is 0.0702. The van der Waals surface area contributed by atoms with Gasteiger partial charge in [-0.15, -0.1) is 11.3 Å². The first kappa shape index (κ1) is 13.8. The third-order valence-electron chi connectivity index (χ3n) is 2.14. The zero-order valence-electron chi connectivity index (χ0n) is 9.18. The molecule has 2 aromatic heterocycles. The van der Waals surface area contributed by atoms with E-state index in [1.165, 1.54) is 0 Å². The minimum Gasteiger partial charge on any atom is -0.477 e. The van der Waals surface area contributed by atoms with Gasteiger partial charge in [0.2, 0.25) is 0 Å². The Bertz CT molecular complexity index is 584. The fraction of sp³-hybridized carbons (Fsp3) is 0.200. The Morgan fingerprint density at radius 3 is 2.89 bits per heavy atom. The van der Waals surface area contributed by atoms with Crippen LogP contribution in [0.1, 0.15) is 15.2 Å². The second kappa shape index (κ2) is 5.56. The second-order valence-corrected chi connectivity index (χ2v) is 7.16. The van der Waals surface area contributed by atoms with E-state index >= 15 is 0 Å². The molecule has 4 nitrogen and oxygen atoms in total. The number of carboxylic acids is 1. The molecule has 96 valence electrons. The molecule has 2 aromatic rings. The fourth-order valence-corrected chi connectivity index (χ4v) is 3.64. The summed E-state index contributed by atoms with van der Waals surface area (Å²) >= 11 is 11.9. The van der Waals surface area contributed by atoms with Crippen molar-refractivity contribution in [3.8, 4) is 0 Å². The van der Waals surface area contributed by atoms with Crippen molar-refractivity contribution in [1.82, 2.24) is 4.98 Å². The summed E-state index contributed by atoms with van der Waals surface area (Å²) in [5, 5.41) is 11.6. The van der Waals surface area contributed by atoms with Crippen LogP contribution in [0.2, 0.25) is 5.15 Å². The molecule has 0 radical (unpaired) electrons. The van der Waals surface area contributed by atoms with Gasteiger partial charge in [-0.25, -0.2) is 9.78 Å². The first-order chi connectivity index (χ1) is 8.47.